The molecule has 0 spiro atoms. The number of aromatic amines is 1. The second-order valence-corrected chi connectivity index (χ2v) is 7.45. The molecule has 2 aromatic carbocycles. The molecule has 4 rings (SSSR count). The first-order chi connectivity index (χ1) is 12.9. The van der Waals surface area contributed by atoms with Crippen LogP contribution in [0.15, 0.2) is 66.0 Å². The number of nitrogens with one attached hydrogen (secondary N) is 1. The van der Waals surface area contributed by atoms with E-state index in [0.29, 0.717) is 21.8 Å². The lowest BCUT2D eigenvalue weighted by atomic mass is 9.89. The third-order valence-electron chi connectivity index (χ3n) is 4.60. The predicted octanol–water partition coefficient (Wildman–Crippen LogP) is 6.56. The molecule has 0 aliphatic rings. The second-order valence-electron chi connectivity index (χ2n) is 6.47. The fraction of sp³-hybridized carbons (Fsp3) is 0.143. The van der Waals surface area contributed by atoms with Crippen LogP contribution in [-0.2, 0) is 0 Å². The highest BCUT2D eigenvalue weighted by Gasteiger charge is 2.36. The Bertz CT molecular complexity index is 1050. The standard InChI is InChI=1S/C21H17F3N2S/c22-21(23,24)12-16(18-7-4-10-27-18)19-15-9-8-14(25)11-17(15)26-20(19)13-5-2-1-3-6-13/h1-11,16,26H,12,25H2. The lowest BCUT2D eigenvalue weighted by Crippen LogP contribution is -2.14. The summed E-state index contributed by atoms with van der Waals surface area (Å²) in [5, 5.41) is 2.58. The van der Waals surface area contributed by atoms with Gasteiger partial charge in [0.2, 0.25) is 0 Å². The summed E-state index contributed by atoms with van der Waals surface area (Å²) in [5.74, 6) is -0.780. The van der Waals surface area contributed by atoms with Crippen molar-refractivity contribution in [2.75, 3.05) is 5.73 Å². The average molecular weight is 386 g/mol. The van der Waals surface area contributed by atoms with Gasteiger partial charge in [0.1, 0.15) is 0 Å². The van der Waals surface area contributed by atoms with Crippen LogP contribution in [0.2, 0.25) is 0 Å². The third-order valence-corrected chi connectivity index (χ3v) is 5.58. The molecule has 0 amide bonds. The zero-order chi connectivity index (χ0) is 19.0. The van der Waals surface area contributed by atoms with Gasteiger partial charge in [-0.1, -0.05) is 42.5 Å². The molecular weight excluding hydrogens is 369 g/mol. The van der Waals surface area contributed by atoms with Gasteiger partial charge in [0, 0.05) is 27.4 Å². The van der Waals surface area contributed by atoms with E-state index in [1.807, 2.05) is 35.7 Å². The molecule has 1 atom stereocenters. The van der Waals surface area contributed by atoms with Gasteiger partial charge in [0.15, 0.2) is 0 Å². The zero-order valence-electron chi connectivity index (χ0n) is 14.3. The summed E-state index contributed by atoms with van der Waals surface area (Å²) < 4.78 is 40.4. The van der Waals surface area contributed by atoms with Gasteiger partial charge in [-0.2, -0.15) is 13.2 Å². The summed E-state index contributed by atoms with van der Waals surface area (Å²) in [6.07, 6.45) is -5.19. The van der Waals surface area contributed by atoms with Gasteiger partial charge >= 0.3 is 6.18 Å². The minimum Gasteiger partial charge on any atom is -0.399 e. The average Bonchev–Trinajstić information content (AvgIpc) is 3.27. The number of rotatable bonds is 4. The molecule has 0 aliphatic heterocycles. The van der Waals surface area contributed by atoms with Gasteiger partial charge in [-0.05, 0) is 34.7 Å². The van der Waals surface area contributed by atoms with Crippen LogP contribution in [0, 0.1) is 0 Å². The van der Waals surface area contributed by atoms with Crippen LogP contribution in [0.25, 0.3) is 22.2 Å². The normalized spacial score (nSPS) is 13.1. The number of alkyl halides is 3. The highest BCUT2D eigenvalue weighted by atomic mass is 32.1. The first-order valence-electron chi connectivity index (χ1n) is 8.49. The molecule has 4 aromatic rings. The van der Waals surface area contributed by atoms with E-state index >= 15 is 0 Å². The predicted molar refractivity (Wildman–Crippen MR) is 105 cm³/mol. The van der Waals surface area contributed by atoms with Crippen molar-refractivity contribution < 1.29 is 13.2 Å². The van der Waals surface area contributed by atoms with E-state index < -0.39 is 18.5 Å². The number of hydrogen-bond donors (Lipinski definition) is 2. The van der Waals surface area contributed by atoms with Crippen LogP contribution in [0.5, 0.6) is 0 Å². The summed E-state index contributed by atoms with van der Waals surface area (Å²) in [6, 6.07) is 18.3. The maximum Gasteiger partial charge on any atom is 0.390 e. The molecule has 3 N–H and O–H groups in total. The Morgan fingerprint density at radius 3 is 2.44 bits per heavy atom. The van der Waals surface area contributed by atoms with E-state index in [2.05, 4.69) is 4.98 Å². The minimum atomic E-state index is -4.28. The van der Waals surface area contributed by atoms with E-state index in [1.165, 1.54) is 11.3 Å². The number of anilines is 1. The molecule has 6 heteroatoms. The highest BCUT2D eigenvalue weighted by molar-refractivity contribution is 7.10. The molecule has 1 unspecified atom stereocenters. The smallest absolute Gasteiger partial charge is 0.390 e. The number of thiophene rings is 1. The van der Waals surface area contributed by atoms with Crippen molar-refractivity contribution in [1.82, 2.24) is 4.98 Å². The summed E-state index contributed by atoms with van der Waals surface area (Å²) in [5.41, 5.74) is 9.43. The summed E-state index contributed by atoms with van der Waals surface area (Å²) in [7, 11) is 0. The van der Waals surface area contributed by atoms with E-state index in [4.69, 9.17) is 5.73 Å². The van der Waals surface area contributed by atoms with Crippen LogP contribution >= 0.6 is 11.3 Å². The Kier molecular flexibility index (Phi) is 4.44. The van der Waals surface area contributed by atoms with Crippen molar-refractivity contribution in [2.45, 2.75) is 18.5 Å². The number of hydrogen-bond acceptors (Lipinski definition) is 2. The van der Waals surface area contributed by atoms with E-state index in [9.17, 15) is 13.2 Å². The first kappa shape index (κ1) is 17.7. The number of benzene rings is 2. The molecule has 0 saturated heterocycles. The second kappa shape index (κ2) is 6.78. The van der Waals surface area contributed by atoms with E-state index in [-0.39, 0.29) is 0 Å². The Hall–Kier alpha value is -2.73. The molecule has 2 nitrogen and oxygen atoms in total. The number of H-pyrrole nitrogens is 1. The van der Waals surface area contributed by atoms with Gasteiger partial charge in [-0.25, -0.2) is 0 Å². The highest BCUT2D eigenvalue weighted by Crippen LogP contribution is 2.45. The molecule has 0 fully saturated rings. The van der Waals surface area contributed by atoms with Crippen LogP contribution in [-0.4, -0.2) is 11.2 Å². The van der Waals surface area contributed by atoms with Gasteiger partial charge in [0.25, 0.3) is 0 Å². The van der Waals surface area contributed by atoms with Crippen LogP contribution < -0.4 is 5.73 Å². The molecule has 138 valence electrons. The van der Waals surface area contributed by atoms with Crippen molar-refractivity contribution >= 4 is 27.9 Å². The molecular formula is C21H17F3N2S. The van der Waals surface area contributed by atoms with Crippen LogP contribution in [0.4, 0.5) is 18.9 Å². The monoisotopic (exact) mass is 386 g/mol. The number of nitrogens with two attached hydrogens (primary N) is 1. The van der Waals surface area contributed by atoms with Crippen molar-refractivity contribution in [2.24, 2.45) is 0 Å². The lowest BCUT2D eigenvalue weighted by molar-refractivity contribution is -0.136. The summed E-state index contributed by atoms with van der Waals surface area (Å²) >= 11 is 1.35. The van der Waals surface area contributed by atoms with Gasteiger partial charge in [-0.15, -0.1) is 11.3 Å². The fourth-order valence-corrected chi connectivity index (χ4v) is 4.33. The first-order valence-corrected chi connectivity index (χ1v) is 9.37. The number of halogens is 3. The number of aromatic nitrogens is 1. The number of fused-ring (bicyclic) bond motifs is 1. The van der Waals surface area contributed by atoms with Gasteiger partial charge < -0.3 is 10.7 Å². The Balaban J connectivity index is 2.00. The Morgan fingerprint density at radius 2 is 1.78 bits per heavy atom. The summed E-state index contributed by atoms with van der Waals surface area (Å²) in [6.45, 7) is 0. The lowest BCUT2D eigenvalue weighted by Gasteiger charge is -2.19. The Labute approximate surface area is 158 Å². The van der Waals surface area contributed by atoms with E-state index in [1.54, 1.807) is 30.3 Å². The molecule has 27 heavy (non-hydrogen) atoms. The van der Waals surface area contributed by atoms with E-state index in [0.717, 1.165) is 16.5 Å². The molecule has 0 bridgehead atoms. The zero-order valence-corrected chi connectivity index (χ0v) is 15.1. The van der Waals surface area contributed by atoms with Crippen LogP contribution in [0.3, 0.4) is 0 Å². The minimum absolute atomic E-state index is 0.568. The third kappa shape index (κ3) is 3.57. The number of nitrogen functional groups attached to an aromatic ring is 1. The maximum atomic E-state index is 13.5. The SMILES string of the molecule is Nc1ccc2c(C(CC(F)(F)F)c3cccs3)c(-c3ccccc3)[nH]c2c1. The topological polar surface area (TPSA) is 41.8 Å². The molecule has 0 saturated carbocycles. The molecule has 0 aliphatic carbocycles. The van der Waals surface area contributed by atoms with Crippen molar-refractivity contribution in [3.05, 3.63) is 76.5 Å². The van der Waals surface area contributed by atoms with Gasteiger partial charge in [0.05, 0.1) is 12.1 Å². The quantitative estimate of drug-likeness (QED) is 0.383. The molecule has 2 heterocycles. The molecule has 2 aromatic heterocycles. The van der Waals surface area contributed by atoms with Crippen molar-refractivity contribution in [3.8, 4) is 11.3 Å². The summed E-state index contributed by atoms with van der Waals surface area (Å²) in [4.78, 5) is 4.00. The van der Waals surface area contributed by atoms with Gasteiger partial charge in [-0.3, -0.25) is 0 Å². The molecule has 0 radical (unpaired) electrons. The largest absolute Gasteiger partial charge is 0.399 e. The Morgan fingerprint density at radius 1 is 1.00 bits per heavy atom. The van der Waals surface area contributed by atoms with Crippen molar-refractivity contribution in [3.63, 3.8) is 0 Å². The van der Waals surface area contributed by atoms with Crippen molar-refractivity contribution in [1.29, 1.82) is 0 Å². The fourth-order valence-electron chi connectivity index (χ4n) is 3.50. The maximum absolute atomic E-state index is 13.5. The van der Waals surface area contributed by atoms with Crippen LogP contribution in [0.1, 0.15) is 22.8 Å².